The lowest BCUT2D eigenvalue weighted by molar-refractivity contribution is -0.106. The first-order valence-electron chi connectivity index (χ1n) is 6.03. The molecule has 1 aromatic rings. The van der Waals surface area contributed by atoms with Gasteiger partial charge in [0, 0.05) is 6.42 Å². The molecule has 1 aliphatic heterocycles. The SMILES string of the molecule is Cc1cc(C)c(OC2CCCCO2)c(C)c1. The van der Waals surface area contributed by atoms with E-state index in [4.69, 9.17) is 9.47 Å². The van der Waals surface area contributed by atoms with Gasteiger partial charge in [-0.15, -0.1) is 0 Å². The Labute approximate surface area is 97.6 Å². The predicted molar refractivity (Wildman–Crippen MR) is 64.9 cm³/mol. The highest BCUT2D eigenvalue weighted by atomic mass is 16.7. The average molecular weight is 220 g/mol. The molecule has 2 nitrogen and oxygen atoms in total. The number of hydrogen-bond donors (Lipinski definition) is 0. The van der Waals surface area contributed by atoms with Crippen molar-refractivity contribution >= 4 is 0 Å². The molecular weight excluding hydrogens is 200 g/mol. The van der Waals surface area contributed by atoms with Gasteiger partial charge in [-0.3, -0.25) is 0 Å². The van der Waals surface area contributed by atoms with Crippen LogP contribution in [0.4, 0.5) is 0 Å². The molecule has 0 spiro atoms. The molecule has 0 bridgehead atoms. The summed E-state index contributed by atoms with van der Waals surface area (Å²) in [6, 6.07) is 4.32. The van der Waals surface area contributed by atoms with Gasteiger partial charge in [0.15, 0.2) is 6.29 Å². The average Bonchev–Trinajstić information content (AvgIpc) is 2.25. The van der Waals surface area contributed by atoms with Crippen molar-refractivity contribution in [1.29, 1.82) is 0 Å². The highest BCUT2D eigenvalue weighted by Gasteiger charge is 2.17. The van der Waals surface area contributed by atoms with Gasteiger partial charge in [-0.25, -0.2) is 0 Å². The van der Waals surface area contributed by atoms with Gasteiger partial charge in [-0.1, -0.05) is 17.7 Å². The van der Waals surface area contributed by atoms with Crippen LogP contribution < -0.4 is 4.74 Å². The smallest absolute Gasteiger partial charge is 0.199 e. The molecule has 1 fully saturated rings. The van der Waals surface area contributed by atoms with Crippen molar-refractivity contribution < 1.29 is 9.47 Å². The maximum absolute atomic E-state index is 5.95. The van der Waals surface area contributed by atoms with E-state index in [2.05, 4.69) is 32.9 Å². The number of aryl methyl sites for hydroxylation is 3. The third kappa shape index (κ3) is 2.56. The first kappa shape index (κ1) is 11.5. The van der Waals surface area contributed by atoms with Crippen molar-refractivity contribution in [3.63, 3.8) is 0 Å². The Kier molecular flexibility index (Phi) is 3.49. The van der Waals surface area contributed by atoms with E-state index in [0.29, 0.717) is 0 Å². The third-order valence-electron chi connectivity index (χ3n) is 2.99. The van der Waals surface area contributed by atoms with Crippen LogP contribution in [-0.2, 0) is 4.74 Å². The first-order chi connectivity index (χ1) is 7.66. The molecule has 0 saturated carbocycles. The fraction of sp³-hybridized carbons (Fsp3) is 0.571. The minimum atomic E-state index is -0.0474. The number of benzene rings is 1. The van der Waals surface area contributed by atoms with E-state index in [1.165, 1.54) is 23.1 Å². The number of ether oxygens (including phenoxy) is 2. The molecule has 2 rings (SSSR count). The number of hydrogen-bond acceptors (Lipinski definition) is 2. The molecule has 88 valence electrons. The van der Waals surface area contributed by atoms with E-state index in [1.807, 2.05) is 0 Å². The second kappa shape index (κ2) is 4.88. The molecule has 0 amide bonds. The summed E-state index contributed by atoms with van der Waals surface area (Å²) >= 11 is 0. The van der Waals surface area contributed by atoms with Crippen LogP contribution >= 0.6 is 0 Å². The monoisotopic (exact) mass is 220 g/mol. The van der Waals surface area contributed by atoms with Crippen LogP contribution in [0.3, 0.4) is 0 Å². The van der Waals surface area contributed by atoms with Crippen molar-refractivity contribution in [1.82, 2.24) is 0 Å². The Morgan fingerprint density at radius 2 is 1.81 bits per heavy atom. The standard InChI is InChI=1S/C14H20O2/c1-10-8-11(2)14(12(3)9-10)16-13-6-4-5-7-15-13/h8-9,13H,4-7H2,1-3H3. The zero-order valence-electron chi connectivity index (χ0n) is 10.4. The molecule has 0 aromatic heterocycles. The van der Waals surface area contributed by atoms with Gasteiger partial charge in [0.25, 0.3) is 0 Å². The zero-order valence-corrected chi connectivity index (χ0v) is 10.4. The Bertz CT molecular complexity index is 342. The molecule has 2 heteroatoms. The quantitative estimate of drug-likeness (QED) is 0.759. The van der Waals surface area contributed by atoms with Crippen LogP contribution in [0, 0.1) is 20.8 Å². The zero-order chi connectivity index (χ0) is 11.5. The summed E-state index contributed by atoms with van der Waals surface area (Å²) in [4.78, 5) is 0. The molecule has 1 heterocycles. The maximum Gasteiger partial charge on any atom is 0.199 e. The molecule has 1 unspecified atom stereocenters. The Morgan fingerprint density at radius 1 is 1.12 bits per heavy atom. The summed E-state index contributed by atoms with van der Waals surface area (Å²) in [6.07, 6.45) is 3.32. The van der Waals surface area contributed by atoms with Gasteiger partial charge in [0.1, 0.15) is 5.75 Å². The molecule has 1 saturated heterocycles. The summed E-state index contributed by atoms with van der Waals surface area (Å²) in [5, 5.41) is 0. The van der Waals surface area contributed by atoms with Crippen LogP contribution in [-0.4, -0.2) is 12.9 Å². The van der Waals surface area contributed by atoms with Gasteiger partial charge < -0.3 is 9.47 Å². The van der Waals surface area contributed by atoms with E-state index in [-0.39, 0.29) is 6.29 Å². The minimum absolute atomic E-state index is 0.0474. The van der Waals surface area contributed by atoms with Crippen LogP contribution in [0.1, 0.15) is 36.0 Å². The minimum Gasteiger partial charge on any atom is -0.464 e. The fourth-order valence-corrected chi connectivity index (χ4v) is 2.29. The second-order valence-electron chi connectivity index (χ2n) is 4.64. The molecule has 0 radical (unpaired) electrons. The van der Waals surface area contributed by atoms with E-state index >= 15 is 0 Å². The molecule has 16 heavy (non-hydrogen) atoms. The highest BCUT2D eigenvalue weighted by molar-refractivity contribution is 5.43. The maximum atomic E-state index is 5.95. The van der Waals surface area contributed by atoms with Crippen molar-refractivity contribution in [3.05, 3.63) is 28.8 Å². The molecule has 0 N–H and O–H groups in total. The molecule has 1 aromatic carbocycles. The Balaban J connectivity index is 2.14. The van der Waals surface area contributed by atoms with Crippen molar-refractivity contribution in [3.8, 4) is 5.75 Å². The summed E-state index contributed by atoms with van der Waals surface area (Å²) < 4.78 is 11.5. The van der Waals surface area contributed by atoms with Crippen molar-refractivity contribution in [2.75, 3.05) is 6.61 Å². The third-order valence-corrected chi connectivity index (χ3v) is 2.99. The molecule has 1 atom stereocenters. The van der Waals surface area contributed by atoms with Crippen molar-refractivity contribution in [2.45, 2.75) is 46.3 Å². The first-order valence-corrected chi connectivity index (χ1v) is 6.03. The van der Waals surface area contributed by atoms with Crippen LogP contribution in [0.5, 0.6) is 5.75 Å². The van der Waals surface area contributed by atoms with Gasteiger partial charge in [-0.2, -0.15) is 0 Å². The normalized spacial score (nSPS) is 20.8. The Morgan fingerprint density at radius 3 is 2.38 bits per heavy atom. The van der Waals surface area contributed by atoms with Gasteiger partial charge in [0.05, 0.1) is 6.61 Å². The molecular formula is C14H20O2. The summed E-state index contributed by atoms with van der Waals surface area (Å²) in [5.74, 6) is 0.998. The van der Waals surface area contributed by atoms with E-state index < -0.39 is 0 Å². The predicted octanol–water partition coefficient (Wildman–Crippen LogP) is 3.52. The summed E-state index contributed by atoms with van der Waals surface area (Å²) in [5.41, 5.74) is 3.69. The highest BCUT2D eigenvalue weighted by Crippen LogP contribution is 2.27. The van der Waals surface area contributed by atoms with Gasteiger partial charge in [-0.05, 0) is 44.7 Å². The largest absolute Gasteiger partial charge is 0.464 e. The van der Waals surface area contributed by atoms with Gasteiger partial charge in [0.2, 0.25) is 0 Å². The van der Waals surface area contributed by atoms with Crippen LogP contribution in [0.2, 0.25) is 0 Å². The topological polar surface area (TPSA) is 18.5 Å². The second-order valence-corrected chi connectivity index (χ2v) is 4.64. The van der Waals surface area contributed by atoms with E-state index in [9.17, 15) is 0 Å². The van der Waals surface area contributed by atoms with Crippen molar-refractivity contribution in [2.24, 2.45) is 0 Å². The molecule has 1 aliphatic rings. The lowest BCUT2D eigenvalue weighted by Crippen LogP contribution is -2.25. The number of rotatable bonds is 2. The Hall–Kier alpha value is -1.02. The van der Waals surface area contributed by atoms with E-state index in [1.54, 1.807) is 0 Å². The molecule has 0 aliphatic carbocycles. The van der Waals surface area contributed by atoms with Gasteiger partial charge >= 0.3 is 0 Å². The lowest BCUT2D eigenvalue weighted by atomic mass is 10.1. The fourth-order valence-electron chi connectivity index (χ4n) is 2.29. The van der Waals surface area contributed by atoms with Crippen LogP contribution in [0.25, 0.3) is 0 Å². The summed E-state index contributed by atoms with van der Waals surface area (Å²) in [7, 11) is 0. The van der Waals surface area contributed by atoms with Crippen LogP contribution in [0.15, 0.2) is 12.1 Å². The summed E-state index contributed by atoms with van der Waals surface area (Å²) in [6.45, 7) is 7.13. The lowest BCUT2D eigenvalue weighted by Gasteiger charge is -2.25. The van der Waals surface area contributed by atoms with E-state index in [0.717, 1.165) is 25.2 Å².